The second-order valence-electron chi connectivity index (χ2n) is 5.11. The third-order valence-corrected chi connectivity index (χ3v) is 5.99. The number of hydrogen-bond donors (Lipinski definition) is 1. The molecule has 1 saturated heterocycles. The van der Waals surface area contributed by atoms with Gasteiger partial charge in [0.1, 0.15) is 10.7 Å². The van der Waals surface area contributed by atoms with Gasteiger partial charge in [0, 0.05) is 18.6 Å². The van der Waals surface area contributed by atoms with E-state index in [9.17, 15) is 12.8 Å². The normalized spacial score (nSPS) is 22.7. The molecule has 0 amide bonds. The van der Waals surface area contributed by atoms with Crippen molar-refractivity contribution in [2.24, 2.45) is 5.73 Å². The summed E-state index contributed by atoms with van der Waals surface area (Å²) in [5, 5.41) is -0.0982. The van der Waals surface area contributed by atoms with Crippen LogP contribution in [0.15, 0.2) is 23.1 Å². The van der Waals surface area contributed by atoms with Gasteiger partial charge in [0.25, 0.3) is 0 Å². The molecule has 1 aliphatic heterocycles. The Bertz CT molecular complexity index is 592. The van der Waals surface area contributed by atoms with Crippen LogP contribution in [-0.2, 0) is 10.0 Å². The van der Waals surface area contributed by atoms with E-state index in [0.717, 1.165) is 31.4 Å². The standard InChI is InChI=1S/C13H18ClFN2O2S/c1-9(16)12-4-2-3-7-17(12)20(18,19)13-6-5-10(15)8-11(13)14/h5-6,8-9,12H,2-4,7,16H2,1H3/t9-,12-/m0/s1. The summed E-state index contributed by atoms with van der Waals surface area (Å²) in [4.78, 5) is -0.0619. The van der Waals surface area contributed by atoms with Crippen molar-refractivity contribution in [3.63, 3.8) is 0 Å². The van der Waals surface area contributed by atoms with Gasteiger partial charge >= 0.3 is 0 Å². The summed E-state index contributed by atoms with van der Waals surface area (Å²) in [7, 11) is -3.75. The summed E-state index contributed by atoms with van der Waals surface area (Å²) in [6.45, 7) is 2.22. The monoisotopic (exact) mass is 320 g/mol. The van der Waals surface area contributed by atoms with E-state index in [1.165, 1.54) is 10.4 Å². The third kappa shape index (κ3) is 2.98. The average Bonchev–Trinajstić information content (AvgIpc) is 2.38. The van der Waals surface area contributed by atoms with E-state index in [1.807, 2.05) is 0 Å². The summed E-state index contributed by atoms with van der Waals surface area (Å²) in [6.07, 6.45) is 2.48. The summed E-state index contributed by atoms with van der Waals surface area (Å²) >= 11 is 5.88. The van der Waals surface area contributed by atoms with Crippen LogP contribution in [0.1, 0.15) is 26.2 Å². The molecule has 0 unspecified atom stereocenters. The first-order valence-electron chi connectivity index (χ1n) is 6.56. The second kappa shape index (κ2) is 5.97. The van der Waals surface area contributed by atoms with Gasteiger partial charge in [0.2, 0.25) is 10.0 Å². The van der Waals surface area contributed by atoms with Gasteiger partial charge in [-0.25, -0.2) is 12.8 Å². The van der Waals surface area contributed by atoms with Crippen LogP contribution in [0.5, 0.6) is 0 Å². The number of nitrogens with two attached hydrogens (primary N) is 1. The summed E-state index contributed by atoms with van der Waals surface area (Å²) in [5.74, 6) is -0.559. The Hall–Kier alpha value is -0.690. The SMILES string of the molecule is C[C@H](N)[C@@H]1CCCCN1S(=O)(=O)c1ccc(F)cc1Cl. The number of nitrogens with zero attached hydrogens (tertiary/aromatic N) is 1. The Balaban J connectivity index is 2.42. The number of halogens is 2. The highest BCUT2D eigenvalue weighted by molar-refractivity contribution is 7.89. The first-order chi connectivity index (χ1) is 9.34. The van der Waals surface area contributed by atoms with Crippen molar-refractivity contribution >= 4 is 21.6 Å². The molecule has 2 atom stereocenters. The lowest BCUT2D eigenvalue weighted by Crippen LogP contribution is -2.51. The minimum Gasteiger partial charge on any atom is -0.326 e. The van der Waals surface area contributed by atoms with Crippen molar-refractivity contribution in [1.29, 1.82) is 0 Å². The van der Waals surface area contributed by atoms with E-state index in [0.29, 0.717) is 6.54 Å². The topological polar surface area (TPSA) is 63.4 Å². The molecule has 2 rings (SSSR count). The van der Waals surface area contributed by atoms with Crippen LogP contribution in [-0.4, -0.2) is 31.4 Å². The minimum atomic E-state index is -3.75. The minimum absolute atomic E-state index is 0.0619. The molecule has 0 aromatic heterocycles. The maximum absolute atomic E-state index is 13.1. The van der Waals surface area contributed by atoms with Gasteiger partial charge in [-0.2, -0.15) is 4.31 Å². The number of sulfonamides is 1. The fourth-order valence-electron chi connectivity index (χ4n) is 2.57. The van der Waals surface area contributed by atoms with Gasteiger partial charge in [0.15, 0.2) is 0 Å². The van der Waals surface area contributed by atoms with Gasteiger partial charge in [0.05, 0.1) is 5.02 Å². The molecular formula is C13H18ClFN2O2S. The molecule has 2 N–H and O–H groups in total. The molecule has 1 fully saturated rings. The molecule has 7 heteroatoms. The molecule has 1 aliphatic rings. The Morgan fingerprint density at radius 3 is 2.75 bits per heavy atom. The Morgan fingerprint density at radius 2 is 2.15 bits per heavy atom. The highest BCUT2D eigenvalue weighted by Crippen LogP contribution is 2.30. The molecule has 20 heavy (non-hydrogen) atoms. The molecule has 4 nitrogen and oxygen atoms in total. The molecule has 1 heterocycles. The quantitative estimate of drug-likeness (QED) is 0.930. The maximum Gasteiger partial charge on any atom is 0.244 e. The predicted molar refractivity (Wildman–Crippen MR) is 76.6 cm³/mol. The van der Waals surface area contributed by atoms with E-state index in [-0.39, 0.29) is 22.0 Å². The number of rotatable bonds is 3. The fraction of sp³-hybridized carbons (Fsp3) is 0.538. The van der Waals surface area contributed by atoms with Crippen molar-refractivity contribution in [1.82, 2.24) is 4.31 Å². The van der Waals surface area contributed by atoms with E-state index in [2.05, 4.69) is 0 Å². The largest absolute Gasteiger partial charge is 0.326 e. The first kappa shape index (κ1) is 15.7. The third-order valence-electron chi connectivity index (χ3n) is 3.59. The van der Waals surface area contributed by atoms with Gasteiger partial charge < -0.3 is 5.73 Å². The molecule has 0 saturated carbocycles. The van der Waals surface area contributed by atoms with Crippen LogP contribution in [0, 0.1) is 5.82 Å². The van der Waals surface area contributed by atoms with E-state index in [4.69, 9.17) is 17.3 Å². The predicted octanol–water partition coefficient (Wildman–Crippen LogP) is 2.37. The lowest BCUT2D eigenvalue weighted by atomic mass is 10.00. The van der Waals surface area contributed by atoms with E-state index >= 15 is 0 Å². The van der Waals surface area contributed by atoms with Crippen molar-refractivity contribution < 1.29 is 12.8 Å². The summed E-state index contributed by atoms with van der Waals surface area (Å²) in [5.41, 5.74) is 5.90. The Morgan fingerprint density at radius 1 is 1.45 bits per heavy atom. The molecule has 0 bridgehead atoms. The second-order valence-corrected chi connectivity index (χ2v) is 7.38. The van der Waals surface area contributed by atoms with Gasteiger partial charge in [-0.15, -0.1) is 0 Å². The van der Waals surface area contributed by atoms with Gasteiger partial charge in [-0.1, -0.05) is 18.0 Å². The lowest BCUT2D eigenvalue weighted by molar-refractivity contribution is 0.227. The maximum atomic E-state index is 13.1. The Kier molecular flexibility index (Phi) is 4.69. The number of benzene rings is 1. The Labute approximate surface area is 123 Å². The van der Waals surface area contributed by atoms with Crippen LogP contribution < -0.4 is 5.73 Å². The van der Waals surface area contributed by atoms with Crippen LogP contribution in [0.4, 0.5) is 4.39 Å². The molecule has 1 aromatic rings. The average molecular weight is 321 g/mol. The molecule has 0 spiro atoms. The number of piperidine rings is 1. The highest BCUT2D eigenvalue weighted by Gasteiger charge is 2.36. The van der Waals surface area contributed by atoms with Crippen LogP contribution in [0.3, 0.4) is 0 Å². The molecular weight excluding hydrogens is 303 g/mol. The zero-order chi connectivity index (χ0) is 14.9. The molecule has 112 valence electrons. The zero-order valence-electron chi connectivity index (χ0n) is 11.2. The van der Waals surface area contributed by atoms with E-state index < -0.39 is 15.8 Å². The van der Waals surface area contributed by atoms with Gasteiger partial charge in [-0.3, -0.25) is 0 Å². The van der Waals surface area contributed by atoms with Crippen molar-refractivity contribution in [3.8, 4) is 0 Å². The van der Waals surface area contributed by atoms with E-state index in [1.54, 1.807) is 6.92 Å². The highest BCUT2D eigenvalue weighted by atomic mass is 35.5. The number of hydrogen-bond acceptors (Lipinski definition) is 3. The van der Waals surface area contributed by atoms with Crippen molar-refractivity contribution in [2.45, 2.75) is 43.2 Å². The molecule has 0 radical (unpaired) electrons. The van der Waals surface area contributed by atoms with Gasteiger partial charge in [-0.05, 0) is 38.0 Å². The lowest BCUT2D eigenvalue weighted by Gasteiger charge is -2.37. The summed E-state index contributed by atoms with van der Waals surface area (Å²) in [6, 6.07) is 2.82. The van der Waals surface area contributed by atoms with Crippen molar-refractivity contribution in [3.05, 3.63) is 29.0 Å². The molecule has 1 aromatic carbocycles. The van der Waals surface area contributed by atoms with Crippen molar-refractivity contribution in [2.75, 3.05) is 6.54 Å². The van der Waals surface area contributed by atoms with Crippen LogP contribution in [0.25, 0.3) is 0 Å². The van der Waals surface area contributed by atoms with Crippen LogP contribution >= 0.6 is 11.6 Å². The fourth-order valence-corrected chi connectivity index (χ4v) is 4.85. The molecule has 0 aliphatic carbocycles. The zero-order valence-corrected chi connectivity index (χ0v) is 12.8. The smallest absolute Gasteiger partial charge is 0.244 e. The summed E-state index contributed by atoms with van der Waals surface area (Å²) < 4.78 is 39.9. The van der Waals surface area contributed by atoms with Crippen LogP contribution in [0.2, 0.25) is 5.02 Å². The first-order valence-corrected chi connectivity index (χ1v) is 8.38.